The third-order valence-electron chi connectivity index (χ3n) is 3.92. The summed E-state index contributed by atoms with van der Waals surface area (Å²) < 4.78 is 5.07. The molecule has 0 radical (unpaired) electrons. The molecule has 1 heterocycles. The van der Waals surface area contributed by atoms with E-state index >= 15 is 0 Å². The van der Waals surface area contributed by atoms with Crippen LogP contribution in [0.1, 0.15) is 18.9 Å². The fourth-order valence-corrected chi connectivity index (χ4v) is 2.74. The maximum atomic E-state index is 11.8. The lowest BCUT2D eigenvalue weighted by molar-refractivity contribution is 0.120. The van der Waals surface area contributed by atoms with Crippen LogP contribution < -0.4 is 5.32 Å². The van der Waals surface area contributed by atoms with Gasteiger partial charge in [-0.25, -0.2) is 4.79 Å². The van der Waals surface area contributed by atoms with Gasteiger partial charge in [-0.2, -0.15) is 0 Å². The van der Waals surface area contributed by atoms with Crippen molar-refractivity contribution < 1.29 is 9.53 Å². The Bertz CT molecular complexity index is 540. The smallest absolute Gasteiger partial charge is 0.410 e. The average Bonchev–Trinajstić information content (AvgIpc) is 3.02. The fraction of sp³-hybridized carbons (Fsp3) is 0.421. The Morgan fingerprint density at radius 2 is 2.22 bits per heavy atom. The van der Waals surface area contributed by atoms with Gasteiger partial charge in [0, 0.05) is 26.2 Å². The highest BCUT2D eigenvalue weighted by molar-refractivity contribution is 5.68. The van der Waals surface area contributed by atoms with Crippen molar-refractivity contribution in [2.75, 3.05) is 32.8 Å². The number of ether oxygens (including phenoxy) is 1. The van der Waals surface area contributed by atoms with Crippen molar-refractivity contribution in [3.63, 3.8) is 0 Å². The Morgan fingerprint density at radius 1 is 1.43 bits per heavy atom. The Morgan fingerprint density at radius 3 is 2.96 bits per heavy atom. The zero-order chi connectivity index (χ0) is 16.5. The molecule has 1 aromatic rings. The largest absolute Gasteiger partial charge is 0.445 e. The van der Waals surface area contributed by atoms with Crippen molar-refractivity contribution in [2.24, 2.45) is 5.92 Å². The summed E-state index contributed by atoms with van der Waals surface area (Å²) >= 11 is 0. The molecular formula is C19H26N2O2. The first-order valence-electron chi connectivity index (χ1n) is 8.14. The molecule has 4 heteroatoms. The highest BCUT2D eigenvalue weighted by atomic mass is 16.6. The van der Waals surface area contributed by atoms with E-state index < -0.39 is 0 Å². The van der Waals surface area contributed by atoms with Crippen LogP contribution in [0.3, 0.4) is 0 Å². The van der Waals surface area contributed by atoms with Crippen LogP contribution in [-0.2, 0) is 4.74 Å². The van der Waals surface area contributed by atoms with Gasteiger partial charge in [0.2, 0.25) is 0 Å². The van der Waals surface area contributed by atoms with Crippen molar-refractivity contribution in [1.29, 1.82) is 0 Å². The van der Waals surface area contributed by atoms with Crippen LogP contribution in [0.4, 0.5) is 4.79 Å². The molecule has 0 saturated carbocycles. The molecule has 1 amide bonds. The third kappa shape index (κ3) is 5.91. The standard InChI is InChI=1S/C19H26N2O2/c1-3-11-23-19(22)21-10-9-18(15-21)14-20-13-16(2)12-17-7-5-4-6-8-17/h3-8,12,18,20H,1,9-11,13-15H2,2H3/b16-12+. The Balaban J connectivity index is 1.68. The van der Waals surface area contributed by atoms with E-state index in [0.717, 1.165) is 32.6 Å². The highest BCUT2D eigenvalue weighted by Crippen LogP contribution is 2.16. The van der Waals surface area contributed by atoms with E-state index in [-0.39, 0.29) is 12.7 Å². The zero-order valence-electron chi connectivity index (χ0n) is 13.8. The van der Waals surface area contributed by atoms with Crippen LogP contribution in [0.5, 0.6) is 0 Å². The average molecular weight is 314 g/mol. The Kier molecular flexibility index (Phi) is 6.88. The summed E-state index contributed by atoms with van der Waals surface area (Å²) in [5.41, 5.74) is 2.53. The number of hydrogen-bond donors (Lipinski definition) is 1. The number of carbonyl (C=O) groups is 1. The van der Waals surface area contributed by atoms with Crippen LogP contribution in [-0.4, -0.2) is 43.8 Å². The second-order valence-electron chi connectivity index (χ2n) is 6.00. The van der Waals surface area contributed by atoms with E-state index in [4.69, 9.17) is 4.74 Å². The molecular weight excluding hydrogens is 288 g/mol. The number of nitrogens with zero attached hydrogens (tertiary/aromatic N) is 1. The summed E-state index contributed by atoms with van der Waals surface area (Å²) in [6.07, 6.45) is 4.58. The van der Waals surface area contributed by atoms with Gasteiger partial charge in [0.05, 0.1) is 0 Å². The molecule has 1 aliphatic heterocycles. The number of rotatable bonds is 7. The Hall–Kier alpha value is -2.07. The number of nitrogens with one attached hydrogen (secondary N) is 1. The number of benzene rings is 1. The SMILES string of the molecule is C=CCOC(=O)N1CCC(CNC/C(C)=C/c2ccccc2)C1. The molecule has 1 saturated heterocycles. The minimum atomic E-state index is -0.229. The van der Waals surface area contributed by atoms with Crippen LogP contribution in [0.25, 0.3) is 6.08 Å². The van der Waals surface area contributed by atoms with E-state index in [2.05, 4.69) is 37.0 Å². The summed E-state index contributed by atoms with van der Waals surface area (Å²) in [5.74, 6) is 0.496. The molecule has 1 N–H and O–H groups in total. The lowest BCUT2D eigenvalue weighted by Crippen LogP contribution is -2.31. The van der Waals surface area contributed by atoms with Crippen molar-refractivity contribution in [3.8, 4) is 0 Å². The molecule has 4 nitrogen and oxygen atoms in total. The van der Waals surface area contributed by atoms with Crippen molar-refractivity contribution in [2.45, 2.75) is 13.3 Å². The summed E-state index contributed by atoms with van der Waals surface area (Å²) in [6, 6.07) is 10.3. The van der Waals surface area contributed by atoms with Gasteiger partial charge in [-0.3, -0.25) is 0 Å². The minimum Gasteiger partial charge on any atom is -0.445 e. The van der Waals surface area contributed by atoms with Crippen LogP contribution in [0, 0.1) is 5.92 Å². The predicted octanol–water partition coefficient (Wildman–Crippen LogP) is 3.32. The second kappa shape index (κ2) is 9.16. The predicted molar refractivity (Wildman–Crippen MR) is 94.2 cm³/mol. The van der Waals surface area contributed by atoms with E-state index in [9.17, 15) is 4.79 Å². The maximum absolute atomic E-state index is 11.8. The lowest BCUT2D eigenvalue weighted by Gasteiger charge is -2.16. The minimum absolute atomic E-state index is 0.229. The van der Waals surface area contributed by atoms with Crippen molar-refractivity contribution >= 4 is 12.2 Å². The van der Waals surface area contributed by atoms with Crippen molar-refractivity contribution in [1.82, 2.24) is 10.2 Å². The van der Waals surface area contributed by atoms with Gasteiger partial charge in [-0.05, 0) is 24.8 Å². The lowest BCUT2D eigenvalue weighted by atomic mass is 10.1. The molecule has 1 aliphatic rings. The molecule has 124 valence electrons. The molecule has 1 aromatic carbocycles. The first kappa shape index (κ1) is 17.3. The van der Waals surface area contributed by atoms with Crippen LogP contribution in [0.15, 0.2) is 48.6 Å². The van der Waals surface area contributed by atoms with Crippen LogP contribution in [0.2, 0.25) is 0 Å². The third-order valence-corrected chi connectivity index (χ3v) is 3.92. The summed E-state index contributed by atoms with van der Waals surface area (Å²) in [4.78, 5) is 13.5. The number of hydrogen-bond acceptors (Lipinski definition) is 3. The zero-order valence-corrected chi connectivity index (χ0v) is 13.8. The molecule has 0 aliphatic carbocycles. The number of likely N-dealkylation sites (tertiary alicyclic amines) is 1. The molecule has 0 aromatic heterocycles. The van der Waals surface area contributed by atoms with Gasteiger partial charge < -0.3 is 15.0 Å². The first-order valence-corrected chi connectivity index (χ1v) is 8.14. The van der Waals surface area contributed by atoms with Gasteiger partial charge in [0.1, 0.15) is 6.61 Å². The van der Waals surface area contributed by atoms with E-state index in [0.29, 0.717) is 5.92 Å². The monoisotopic (exact) mass is 314 g/mol. The molecule has 1 fully saturated rings. The molecule has 0 bridgehead atoms. The summed E-state index contributed by atoms with van der Waals surface area (Å²) in [6.45, 7) is 9.30. The topological polar surface area (TPSA) is 41.6 Å². The van der Waals surface area contributed by atoms with Gasteiger partial charge >= 0.3 is 6.09 Å². The van der Waals surface area contributed by atoms with Crippen molar-refractivity contribution in [3.05, 3.63) is 54.1 Å². The fourth-order valence-electron chi connectivity index (χ4n) is 2.74. The van der Waals surface area contributed by atoms with Gasteiger partial charge in [0.25, 0.3) is 0 Å². The van der Waals surface area contributed by atoms with E-state index in [1.165, 1.54) is 11.1 Å². The number of amides is 1. The summed E-state index contributed by atoms with van der Waals surface area (Å²) in [7, 11) is 0. The molecule has 23 heavy (non-hydrogen) atoms. The molecule has 1 unspecified atom stereocenters. The van der Waals surface area contributed by atoms with Gasteiger partial charge in [-0.1, -0.05) is 54.6 Å². The highest BCUT2D eigenvalue weighted by Gasteiger charge is 2.26. The Labute approximate surface area is 138 Å². The molecule has 0 spiro atoms. The normalized spacial score (nSPS) is 18.0. The van der Waals surface area contributed by atoms with Gasteiger partial charge in [0.15, 0.2) is 0 Å². The maximum Gasteiger partial charge on any atom is 0.410 e. The molecule has 2 rings (SSSR count). The second-order valence-corrected chi connectivity index (χ2v) is 6.00. The summed E-state index contributed by atoms with van der Waals surface area (Å²) in [5, 5.41) is 3.49. The van der Waals surface area contributed by atoms with E-state index in [1.54, 1.807) is 11.0 Å². The van der Waals surface area contributed by atoms with E-state index in [1.807, 2.05) is 18.2 Å². The van der Waals surface area contributed by atoms with Crippen LogP contribution >= 0.6 is 0 Å². The van der Waals surface area contributed by atoms with Gasteiger partial charge in [-0.15, -0.1) is 0 Å². The molecule has 1 atom stereocenters. The quantitative estimate of drug-likeness (QED) is 0.785. The first-order chi connectivity index (χ1) is 11.2. The number of carbonyl (C=O) groups excluding carboxylic acids is 1.